The molecular formula is C11H14N2S2. The summed E-state index contributed by atoms with van der Waals surface area (Å²) < 4.78 is 0. The Bertz CT molecular complexity index is 431. The van der Waals surface area contributed by atoms with Gasteiger partial charge in [-0.3, -0.25) is 0 Å². The zero-order valence-electron chi connectivity index (χ0n) is 8.86. The Balaban J connectivity index is 2.38. The van der Waals surface area contributed by atoms with Crippen molar-refractivity contribution >= 4 is 22.7 Å². The lowest BCUT2D eigenvalue weighted by Gasteiger charge is -2.01. The number of aryl methyl sites for hydroxylation is 1. The average Bonchev–Trinajstić information content (AvgIpc) is 2.84. The summed E-state index contributed by atoms with van der Waals surface area (Å²) in [5, 5.41) is 3.23. The van der Waals surface area contributed by atoms with Crippen molar-refractivity contribution in [1.29, 1.82) is 0 Å². The number of hydrogen-bond donors (Lipinski definition) is 1. The maximum atomic E-state index is 5.65. The predicted octanol–water partition coefficient (Wildman–Crippen LogP) is 3.24. The monoisotopic (exact) mass is 238 g/mol. The van der Waals surface area contributed by atoms with Crippen molar-refractivity contribution < 1.29 is 0 Å². The van der Waals surface area contributed by atoms with Crippen molar-refractivity contribution in [3.05, 3.63) is 27.4 Å². The number of aromatic nitrogens is 1. The van der Waals surface area contributed by atoms with Gasteiger partial charge >= 0.3 is 0 Å². The standard InChI is InChI=1S/C11H14N2S2/c1-7(6-12)11-13-10(8(2)15-11)9-4-3-5-14-9/h3-5,7H,6,12H2,1-2H3. The first-order valence-electron chi connectivity index (χ1n) is 4.93. The van der Waals surface area contributed by atoms with Crippen LogP contribution in [0.5, 0.6) is 0 Å². The summed E-state index contributed by atoms with van der Waals surface area (Å²) in [5.74, 6) is 0.363. The third-order valence-corrected chi connectivity index (χ3v) is 4.42. The molecule has 2 aromatic rings. The van der Waals surface area contributed by atoms with Crippen LogP contribution in [0, 0.1) is 6.92 Å². The number of nitrogens with zero attached hydrogens (tertiary/aromatic N) is 1. The molecule has 2 heterocycles. The molecule has 0 bridgehead atoms. The molecular weight excluding hydrogens is 224 g/mol. The molecule has 0 spiro atoms. The van der Waals surface area contributed by atoms with Crippen molar-refractivity contribution in [2.75, 3.05) is 6.54 Å². The lowest BCUT2D eigenvalue weighted by molar-refractivity contribution is 0.767. The van der Waals surface area contributed by atoms with Gasteiger partial charge < -0.3 is 5.73 Å². The largest absolute Gasteiger partial charge is 0.330 e. The van der Waals surface area contributed by atoms with Gasteiger partial charge in [-0.05, 0) is 18.4 Å². The van der Waals surface area contributed by atoms with E-state index in [0.29, 0.717) is 12.5 Å². The minimum absolute atomic E-state index is 0.363. The second-order valence-corrected chi connectivity index (χ2v) is 5.75. The molecule has 1 unspecified atom stereocenters. The highest BCUT2D eigenvalue weighted by Gasteiger charge is 2.14. The van der Waals surface area contributed by atoms with Crippen LogP contribution >= 0.6 is 22.7 Å². The molecule has 2 nitrogen and oxygen atoms in total. The van der Waals surface area contributed by atoms with Crippen LogP contribution in [0.1, 0.15) is 22.7 Å². The molecule has 0 fully saturated rings. The summed E-state index contributed by atoms with van der Waals surface area (Å²) in [6.07, 6.45) is 0. The molecule has 0 saturated heterocycles. The van der Waals surface area contributed by atoms with E-state index < -0.39 is 0 Å². The van der Waals surface area contributed by atoms with E-state index in [1.54, 1.807) is 22.7 Å². The fourth-order valence-corrected chi connectivity index (χ4v) is 3.21. The zero-order valence-corrected chi connectivity index (χ0v) is 10.5. The summed E-state index contributed by atoms with van der Waals surface area (Å²) in [6, 6.07) is 4.18. The number of rotatable bonds is 3. The molecule has 0 amide bonds. The van der Waals surface area contributed by atoms with Crippen molar-refractivity contribution in [3.63, 3.8) is 0 Å². The van der Waals surface area contributed by atoms with Crippen molar-refractivity contribution in [2.24, 2.45) is 5.73 Å². The summed E-state index contributed by atoms with van der Waals surface area (Å²) in [7, 11) is 0. The molecule has 0 aromatic carbocycles. The Morgan fingerprint density at radius 3 is 2.93 bits per heavy atom. The third kappa shape index (κ3) is 2.12. The highest BCUT2D eigenvalue weighted by molar-refractivity contribution is 7.15. The van der Waals surface area contributed by atoms with Crippen LogP contribution in [-0.4, -0.2) is 11.5 Å². The van der Waals surface area contributed by atoms with Gasteiger partial charge in [-0.15, -0.1) is 22.7 Å². The smallest absolute Gasteiger partial charge is 0.0976 e. The fourth-order valence-electron chi connectivity index (χ4n) is 1.37. The van der Waals surface area contributed by atoms with Crippen LogP contribution in [0.3, 0.4) is 0 Å². The fraction of sp³-hybridized carbons (Fsp3) is 0.364. The summed E-state index contributed by atoms with van der Waals surface area (Å²) in [6.45, 7) is 4.91. The number of nitrogens with two attached hydrogens (primary N) is 1. The number of thiazole rings is 1. The molecule has 4 heteroatoms. The molecule has 0 aliphatic heterocycles. The molecule has 0 aliphatic carbocycles. The molecule has 0 radical (unpaired) electrons. The van der Waals surface area contributed by atoms with Crippen molar-refractivity contribution in [1.82, 2.24) is 4.98 Å². The minimum Gasteiger partial charge on any atom is -0.330 e. The lowest BCUT2D eigenvalue weighted by Crippen LogP contribution is -2.08. The molecule has 2 aromatic heterocycles. The van der Waals surface area contributed by atoms with Crippen LogP contribution in [0.2, 0.25) is 0 Å². The molecule has 2 N–H and O–H groups in total. The van der Waals surface area contributed by atoms with E-state index in [1.165, 1.54) is 9.75 Å². The van der Waals surface area contributed by atoms with E-state index in [1.807, 2.05) is 0 Å². The number of hydrogen-bond acceptors (Lipinski definition) is 4. The van der Waals surface area contributed by atoms with E-state index in [0.717, 1.165) is 10.7 Å². The van der Waals surface area contributed by atoms with Gasteiger partial charge in [0.1, 0.15) is 0 Å². The van der Waals surface area contributed by atoms with E-state index in [9.17, 15) is 0 Å². The average molecular weight is 238 g/mol. The minimum atomic E-state index is 0.363. The van der Waals surface area contributed by atoms with Gasteiger partial charge in [0, 0.05) is 17.3 Å². The molecule has 0 aliphatic rings. The Kier molecular flexibility index (Phi) is 3.19. The summed E-state index contributed by atoms with van der Waals surface area (Å²) in [5.41, 5.74) is 6.78. The first-order chi connectivity index (χ1) is 7.22. The second-order valence-electron chi connectivity index (χ2n) is 3.57. The summed E-state index contributed by atoms with van der Waals surface area (Å²) in [4.78, 5) is 7.21. The number of thiophene rings is 1. The molecule has 15 heavy (non-hydrogen) atoms. The topological polar surface area (TPSA) is 38.9 Å². The normalized spacial score (nSPS) is 13.0. The molecule has 80 valence electrons. The van der Waals surface area contributed by atoms with Gasteiger partial charge in [-0.1, -0.05) is 13.0 Å². The zero-order chi connectivity index (χ0) is 10.8. The van der Waals surface area contributed by atoms with E-state index in [-0.39, 0.29) is 0 Å². The maximum Gasteiger partial charge on any atom is 0.0976 e. The van der Waals surface area contributed by atoms with Gasteiger partial charge in [0.05, 0.1) is 15.6 Å². The van der Waals surface area contributed by atoms with Crippen LogP contribution in [0.25, 0.3) is 10.6 Å². The Hall–Kier alpha value is -0.710. The first kappa shape index (κ1) is 10.8. The molecule has 1 atom stereocenters. The van der Waals surface area contributed by atoms with Gasteiger partial charge in [-0.2, -0.15) is 0 Å². The van der Waals surface area contributed by atoms with E-state index in [4.69, 9.17) is 5.73 Å². The van der Waals surface area contributed by atoms with Gasteiger partial charge in [0.2, 0.25) is 0 Å². The molecule has 2 rings (SSSR count). The van der Waals surface area contributed by atoms with Gasteiger partial charge in [-0.25, -0.2) is 4.98 Å². The third-order valence-electron chi connectivity index (χ3n) is 2.34. The molecule has 0 saturated carbocycles. The Morgan fingerprint density at radius 1 is 1.53 bits per heavy atom. The Labute approximate surface area is 97.8 Å². The van der Waals surface area contributed by atoms with Crippen molar-refractivity contribution in [2.45, 2.75) is 19.8 Å². The maximum absolute atomic E-state index is 5.65. The highest BCUT2D eigenvalue weighted by atomic mass is 32.1. The van der Waals surface area contributed by atoms with Crippen molar-refractivity contribution in [3.8, 4) is 10.6 Å². The van der Waals surface area contributed by atoms with Crippen LogP contribution in [-0.2, 0) is 0 Å². The second kappa shape index (κ2) is 4.43. The van der Waals surface area contributed by atoms with E-state index >= 15 is 0 Å². The van der Waals surface area contributed by atoms with Crippen LogP contribution in [0.4, 0.5) is 0 Å². The first-order valence-corrected chi connectivity index (χ1v) is 6.63. The van der Waals surface area contributed by atoms with Crippen LogP contribution in [0.15, 0.2) is 17.5 Å². The predicted molar refractivity (Wildman–Crippen MR) is 67.6 cm³/mol. The SMILES string of the molecule is Cc1sc(C(C)CN)nc1-c1cccs1. The van der Waals surface area contributed by atoms with E-state index in [2.05, 4.69) is 36.3 Å². The summed E-state index contributed by atoms with van der Waals surface area (Å²) >= 11 is 3.50. The quantitative estimate of drug-likeness (QED) is 0.891. The van der Waals surface area contributed by atoms with Crippen LogP contribution < -0.4 is 5.73 Å². The highest BCUT2D eigenvalue weighted by Crippen LogP contribution is 2.33. The van der Waals surface area contributed by atoms with Gasteiger partial charge in [0.15, 0.2) is 0 Å². The Morgan fingerprint density at radius 2 is 2.33 bits per heavy atom. The van der Waals surface area contributed by atoms with Gasteiger partial charge in [0.25, 0.3) is 0 Å². The lowest BCUT2D eigenvalue weighted by atomic mass is 10.2.